The molecule has 0 radical (unpaired) electrons. The zero-order chi connectivity index (χ0) is 13.7. The summed E-state index contributed by atoms with van der Waals surface area (Å²) < 4.78 is 0. The van der Waals surface area contributed by atoms with Gasteiger partial charge in [0.2, 0.25) is 0 Å². The summed E-state index contributed by atoms with van der Waals surface area (Å²) in [4.78, 5) is 24.7. The van der Waals surface area contributed by atoms with Crippen LogP contribution in [0.25, 0.3) is 0 Å². The second-order valence-electron chi connectivity index (χ2n) is 5.52. The minimum atomic E-state index is -0.961. The van der Waals surface area contributed by atoms with E-state index in [-0.39, 0.29) is 18.0 Å². The molecule has 0 aliphatic heterocycles. The SMILES string of the molecule is CC(C)CC(NC(=O)N(C)C1CCCC1)C(=O)O. The van der Waals surface area contributed by atoms with Crippen molar-refractivity contribution in [3.63, 3.8) is 0 Å². The van der Waals surface area contributed by atoms with Gasteiger partial charge in [0, 0.05) is 13.1 Å². The lowest BCUT2D eigenvalue weighted by Gasteiger charge is -2.27. The predicted molar refractivity (Wildman–Crippen MR) is 69.4 cm³/mol. The third-order valence-corrected chi connectivity index (χ3v) is 3.50. The fourth-order valence-electron chi connectivity index (χ4n) is 2.40. The summed E-state index contributed by atoms with van der Waals surface area (Å²) in [7, 11) is 1.75. The van der Waals surface area contributed by atoms with Gasteiger partial charge in [-0.15, -0.1) is 0 Å². The Labute approximate surface area is 109 Å². The number of rotatable bonds is 5. The van der Waals surface area contributed by atoms with E-state index in [0.717, 1.165) is 25.7 Å². The van der Waals surface area contributed by atoms with Gasteiger partial charge in [-0.25, -0.2) is 9.59 Å². The average molecular weight is 256 g/mol. The summed E-state index contributed by atoms with van der Waals surface area (Å²) >= 11 is 0. The normalized spacial score (nSPS) is 17.8. The Balaban J connectivity index is 2.51. The number of nitrogens with one attached hydrogen (secondary N) is 1. The maximum absolute atomic E-state index is 12.0. The summed E-state index contributed by atoms with van der Waals surface area (Å²) in [6.07, 6.45) is 4.80. The molecular formula is C13H24N2O3. The summed E-state index contributed by atoms with van der Waals surface area (Å²) in [5, 5.41) is 11.7. The molecule has 2 N–H and O–H groups in total. The number of carbonyl (C=O) groups is 2. The highest BCUT2D eigenvalue weighted by molar-refractivity contribution is 5.82. The van der Waals surface area contributed by atoms with Gasteiger partial charge >= 0.3 is 12.0 Å². The number of nitrogens with zero attached hydrogens (tertiary/aromatic N) is 1. The Bertz CT molecular complexity index is 299. The lowest BCUT2D eigenvalue weighted by atomic mass is 10.0. The van der Waals surface area contributed by atoms with Gasteiger partial charge in [0.1, 0.15) is 6.04 Å². The highest BCUT2D eigenvalue weighted by Crippen LogP contribution is 2.22. The van der Waals surface area contributed by atoms with Gasteiger partial charge in [0.15, 0.2) is 0 Å². The smallest absolute Gasteiger partial charge is 0.326 e. The first-order chi connectivity index (χ1) is 8.41. The third-order valence-electron chi connectivity index (χ3n) is 3.50. The zero-order valence-corrected chi connectivity index (χ0v) is 11.5. The first-order valence-electron chi connectivity index (χ1n) is 6.68. The Kier molecular flexibility index (Phi) is 5.44. The number of aliphatic carboxylic acids is 1. The van der Waals surface area contributed by atoms with Crippen molar-refractivity contribution < 1.29 is 14.7 Å². The topological polar surface area (TPSA) is 69.6 Å². The van der Waals surface area contributed by atoms with E-state index in [0.29, 0.717) is 6.42 Å². The van der Waals surface area contributed by atoms with Crippen LogP contribution in [-0.4, -0.2) is 41.1 Å². The quantitative estimate of drug-likeness (QED) is 0.791. The van der Waals surface area contributed by atoms with Crippen LogP contribution in [-0.2, 0) is 4.79 Å². The summed E-state index contributed by atoms with van der Waals surface area (Å²) in [5.74, 6) is -0.722. The van der Waals surface area contributed by atoms with Crippen LogP contribution in [0.5, 0.6) is 0 Å². The van der Waals surface area contributed by atoms with E-state index in [1.165, 1.54) is 0 Å². The van der Waals surface area contributed by atoms with E-state index in [1.54, 1.807) is 11.9 Å². The first kappa shape index (κ1) is 14.8. The predicted octanol–water partition coefficient (Wildman–Crippen LogP) is 2.07. The van der Waals surface area contributed by atoms with Crippen molar-refractivity contribution in [2.24, 2.45) is 5.92 Å². The largest absolute Gasteiger partial charge is 0.480 e. The van der Waals surface area contributed by atoms with Crippen LogP contribution in [0, 0.1) is 5.92 Å². The number of carbonyl (C=O) groups excluding carboxylic acids is 1. The Hall–Kier alpha value is -1.26. The molecule has 0 bridgehead atoms. The van der Waals surface area contributed by atoms with Crippen LogP contribution < -0.4 is 5.32 Å². The van der Waals surface area contributed by atoms with Crippen LogP contribution >= 0.6 is 0 Å². The van der Waals surface area contributed by atoms with E-state index in [9.17, 15) is 9.59 Å². The number of urea groups is 1. The van der Waals surface area contributed by atoms with Crippen molar-refractivity contribution >= 4 is 12.0 Å². The van der Waals surface area contributed by atoms with Gasteiger partial charge < -0.3 is 15.3 Å². The molecule has 0 aromatic rings. The van der Waals surface area contributed by atoms with E-state index in [1.807, 2.05) is 13.8 Å². The van der Waals surface area contributed by atoms with Gasteiger partial charge in [0.05, 0.1) is 0 Å². The van der Waals surface area contributed by atoms with Gasteiger partial charge in [-0.2, -0.15) is 0 Å². The highest BCUT2D eigenvalue weighted by atomic mass is 16.4. The molecule has 0 aromatic carbocycles. The number of amides is 2. The van der Waals surface area contributed by atoms with Crippen LogP contribution in [0.2, 0.25) is 0 Å². The van der Waals surface area contributed by atoms with Crippen molar-refractivity contribution in [2.75, 3.05) is 7.05 Å². The average Bonchev–Trinajstić information content (AvgIpc) is 2.79. The second kappa shape index (κ2) is 6.61. The molecule has 18 heavy (non-hydrogen) atoms. The van der Waals surface area contributed by atoms with Crippen molar-refractivity contribution in [1.29, 1.82) is 0 Å². The fraction of sp³-hybridized carbons (Fsp3) is 0.846. The fourth-order valence-corrected chi connectivity index (χ4v) is 2.40. The molecule has 0 saturated heterocycles. The molecule has 5 nitrogen and oxygen atoms in total. The Morgan fingerprint density at radius 1 is 1.33 bits per heavy atom. The maximum atomic E-state index is 12.0. The van der Waals surface area contributed by atoms with Crippen LogP contribution in [0.4, 0.5) is 4.79 Å². The molecule has 5 heteroatoms. The third kappa shape index (κ3) is 4.20. The van der Waals surface area contributed by atoms with Crippen molar-refractivity contribution in [1.82, 2.24) is 10.2 Å². The Morgan fingerprint density at radius 3 is 2.33 bits per heavy atom. The van der Waals surface area contributed by atoms with Gasteiger partial charge in [0.25, 0.3) is 0 Å². The number of carboxylic acids is 1. The molecule has 0 heterocycles. The van der Waals surface area contributed by atoms with Gasteiger partial charge in [-0.05, 0) is 25.2 Å². The molecule has 1 aliphatic rings. The van der Waals surface area contributed by atoms with Gasteiger partial charge in [-0.3, -0.25) is 0 Å². The van der Waals surface area contributed by atoms with E-state index < -0.39 is 12.0 Å². The standard InChI is InChI=1S/C13H24N2O3/c1-9(2)8-11(12(16)17)14-13(18)15(3)10-6-4-5-7-10/h9-11H,4-8H2,1-3H3,(H,14,18)(H,16,17). The molecule has 1 rings (SSSR count). The second-order valence-corrected chi connectivity index (χ2v) is 5.52. The zero-order valence-electron chi connectivity index (χ0n) is 11.5. The Morgan fingerprint density at radius 2 is 1.89 bits per heavy atom. The molecule has 2 amide bonds. The maximum Gasteiger partial charge on any atom is 0.326 e. The highest BCUT2D eigenvalue weighted by Gasteiger charge is 2.27. The molecule has 1 aliphatic carbocycles. The molecule has 1 unspecified atom stereocenters. The molecular weight excluding hydrogens is 232 g/mol. The van der Waals surface area contributed by atoms with E-state index >= 15 is 0 Å². The van der Waals surface area contributed by atoms with E-state index in [2.05, 4.69) is 5.32 Å². The minimum absolute atomic E-state index is 0.239. The van der Waals surface area contributed by atoms with Crippen molar-refractivity contribution in [2.45, 2.75) is 58.0 Å². The van der Waals surface area contributed by atoms with Crippen LogP contribution in [0.3, 0.4) is 0 Å². The summed E-state index contributed by atoms with van der Waals surface area (Å²) in [5.41, 5.74) is 0. The number of hydrogen-bond donors (Lipinski definition) is 2. The molecule has 0 aromatic heterocycles. The summed E-state index contributed by atoms with van der Waals surface area (Å²) in [6.45, 7) is 3.89. The first-order valence-corrected chi connectivity index (χ1v) is 6.68. The van der Waals surface area contributed by atoms with Crippen LogP contribution in [0.15, 0.2) is 0 Å². The van der Waals surface area contributed by atoms with E-state index in [4.69, 9.17) is 5.11 Å². The lowest BCUT2D eigenvalue weighted by molar-refractivity contribution is -0.139. The molecule has 1 fully saturated rings. The van der Waals surface area contributed by atoms with Crippen LogP contribution in [0.1, 0.15) is 46.0 Å². The monoisotopic (exact) mass is 256 g/mol. The van der Waals surface area contributed by atoms with Crippen molar-refractivity contribution in [3.05, 3.63) is 0 Å². The molecule has 0 spiro atoms. The molecule has 1 saturated carbocycles. The molecule has 1 atom stereocenters. The van der Waals surface area contributed by atoms with Crippen molar-refractivity contribution in [3.8, 4) is 0 Å². The lowest BCUT2D eigenvalue weighted by Crippen LogP contribution is -2.49. The minimum Gasteiger partial charge on any atom is -0.480 e. The van der Waals surface area contributed by atoms with Gasteiger partial charge in [-0.1, -0.05) is 26.7 Å². The molecule has 104 valence electrons. The number of hydrogen-bond acceptors (Lipinski definition) is 2. The number of carboxylic acid groups (broad SMARTS) is 1. The summed E-state index contributed by atoms with van der Waals surface area (Å²) in [6, 6.07) is -0.796.